The lowest BCUT2D eigenvalue weighted by molar-refractivity contribution is -0.140. The van der Waals surface area contributed by atoms with Crippen LogP contribution < -0.4 is 0 Å². The normalized spacial score (nSPS) is 23.8. The van der Waals surface area contributed by atoms with Crippen LogP contribution in [0.2, 0.25) is 0 Å². The van der Waals surface area contributed by atoms with Gasteiger partial charge in [0, 0.05) is 44.8 Å². The average Bonchev–Trinajstić information content (AvgIpc) is 3.29. The maximum atomic E-state index is 12.8. The van der Waals surface area contributed by atoms with Crippen LogP contribution in [0.4, 0.5) is 0 Å². The average molecular weight is 396 g/mol. The third-order valence-corrected chi connectivity index (χ3v) is 6.72. The maximum Gasteiger partial charge on any atom is 0.253 e. The molecule has 0 bridgehead atoms. The standard InChI is InChI=1S/C23H29N3O3/c24-17-19-4-3-5-20(14-19)22(28)26-11-7-23(8-12-26)16-18(6-13-29-23)15-21(27)25-9-1-2-10-25/h3-5,14,18H,1-2,6-13,15-16H2. The van der Waals surface area contributed by atoms with Gasteiger partial charge < -0.3 is 14.5 Å². The van der Waals surface area contributed by atoms with Gasteiger partial charge in [0.1, 0.15) is 0 Å². The summed E-state index contributed by atoms with van der Waals surface area (Å²) in [5.41, 5.74) is 0.878. The van der Waals surface area contributed by atoms with Crippen molar-refractivity contribution >= 4 is 11.8 Å². The summed E-state index contributed by atoms with van der Waals surface area (Å²) in [6.45, 7) is 3.84. The van der Waals surface area contributed by atoms with Crippen LogP contribution in [0.25, 0.3) is 0 Å². The molecule has 0 radical (unpaired) electrons. The minimum Gasteiger partial charge on any atom is -0.375 e. The molecule has 0 aromatic heterocycles. The summed E-state index contributed by atoms with van der Waals surface area (Å²) in [6, 6.07) is 8.98. The van der Waals surface area contributed by atoms with Crippen LogP contribution in [0.15, 0.2) is 24.3 Å². The fourth-order valence-corrected chi connectivity index (χ4v) is 5.02. The van der Waals surface area contributed by atoms with Crippen molar-refractivity contribution in [3.63, 3.8) is 0 Å². The van der Waals surface area contributed by atoms with E-state index in [1.807, 2.05) is 9.80 Å². The highest BCUT2D eigenvalue weighted by atomic mass is 16.5. The molecule has 1 unspecified atom stereocenters. The first-order valence-electron chi connectivity index (χ1n) is 10.8. The van der Waals surface area contributed by atoms with Gasteiger partial charge in [0.05, 0.1) is 17.2 Å². The van der Waals surface area contributed by atoms with Crippen molar-refractivity contribution in [2.45, 2.75) is 50.5 Å². The molecule has 0 aliphatic carbocycles. The molecule has 0 saturated carbocycles. The van der Waals surface area contributed by atoms with E-state index in [1.54, 1.807) is 24.3 Å². The van der Waals surface area contributed by atoms with Crippen molar-refractivity contribution in [3.05, 3.63) is 35.4 Å². The quantitative estimate of drug-likeness (QED) is 0.789. The fourth-order valence-electron chi connectivity index (χ4n) is 5.02. The largest absolute Gasteiger partial charge is 0.375 e. The molecule has 3 aliphatic rings. The number of hydrogen-bond acceptors (Lipinski definition) is 4. The second-order valence-corrected chi connectivity index (χ2v) is 8.67. The number of nitriles is 1. The van der Waals surface area contributed by atoms with E-state index < -0.39 is 0 Å². The van der Waals surface area contributed by atoms with Crippen LogP contribution in [-0.4, -0.2) is 60.0 Å². The van der Waals surface area contributed by atoms with Crippen molar-refractivity contribution in [1.29, 1.82) is 5.26 Å². The Hall–Kier alpha value is -2.39. The molecule has 1 aromatic carbocycles. The van der Waals surface area contributed by atoms with Crippen LogP contribution in [0.5, 0.6) is 0 Å². The number of amides is 2. The van der Waals surface area contributed by atoms with E-state index in [2.05, 4.69) is 6.07 Å². The molecule has 6 heteroatoms. The third kappa shape index (κ3) is 4.45. The first kappa shape index (κ1) is 19.9. The summed E-state index contributed by atoms with van der Waals surface area (Å²) in [5, 5.41) is 9.06. The van der Waals surface area contributed by atoms with E-state index in [4.69, 9.17) is 10.00 Å². The number of carbonyl (C=O) groups excluding carboxylic acids is 2. The molecule has 29 heavy (non-hydrogen) atoms. The lowest BCUT2D eigenvalue weighted by Crippen LogP contribution is -2.51. The number of carbonyl (C=O) groups is 2. The Bertz CT molecular complexity index is 802. The van der Waals surface area contributed by atoms with E-state index in [9.17, 15) is 9.59 Å². The number of likely N-dealkylation sites (tertiary alicyclic amines) is 2. The summed E-state index contributed by atoms with van der Waals surface area (Å²) in [4.78, 5) is 29.2. The van der Waals surface area contributed by atoms with E-state index in [1.165, 1.54) is 0 Å². The number of ether oxygens (including phenoxy) is 1. The highest BCUT2D eigenvalue weighted by Crippen LogP contribution is 2.39. The Morgan fingerprint density at radius 2 is 1.90 bits per heavy atom. The molecule has 2 amide bonds. The van der Waals surface area contributed by atoms with Crippen molar-refractivity contribution < 1.29 is 14.3 Å². The first-order valence-corrected chi connectivity index (χ1v) is 10.8. The summed E-state index contributed by atoms with van der Waals surface area (Å²) in [6.07, 6.45) is 6.38. The maximum absolute atomic E-state index is 12.8. The summed E-state index contributed by atoms with van der Waals surface area (Å²) < 4.78 is 6.21. The Labute approximate surface area is 172 Å². The predicted octanol–water partition coefficient (Wildman–Crippen LogP) is 2.97. The molecule has 1 aromatic rings. The van der Waals surface area contributed by atoms with Crippen molar-refractivity contribution in [1.82, 2.24) is 9.80 Å². The Morgan fingerprint density at radius 1 is 1.14 bits per heavy atom. The van der Waals surface area contributed by atoms with Crippen LogP contribution >= 0.6 is 0 Å². The number of benzene rings is 1. The van der Waals surface area contributed by atoms with Crippen molar-refractivity contribution in [3.8, 4) is 6.07 Å². The molecule has 1 atom stereocenters. The third-order valence-electron chi connectivity index (χ3n) is 6.72. The molecule has 0 N–H and O–H groups in total. The molecule has 4 rings (SSSR count). The molecular weight excluding hydrogens is 366 g/mol. The number of rotatable bonds is 3. The smallest absolute Gasteiger partial charge is 0.253 e. The van der Waals surface area contributed by atoms with E-state index >= 15 is 0 Å². The van der Waals surface area contributed by atoms with Gasteiger partial charge in [0.2, 0.25) is 5.91 Å². The van der Waals surface area contributed by atoms with Crippen LogP contribution in [-0.2, 0) is 9.53 Å². The summed E-state index contributed by atoms with van der Waals surface area (Å²) in [5.74, 6) is 0.662. The highest BCUT2D eigenvalue weighted by molar-refractivity contribution is 5.94. The first-order chi connectivity index (χ1) is 14.1. The Morgan fingerprint density at radius 3 is 2.62 bits per heavy atom. The zero-order valence-electron chi connectivity index (χ0n) is 16.9. The Kier molecular flexibility index (Phi) is 5.86. The van der Waals surface area contributed by atoms with Gasteiger partial charge in [-0.25, -0.2) is 0 Å². The van der Waals surface area contributed by atoms with E-state index in [0.29, 0.717) is 49.1 Å². The SMILES string of the molecule is N#Cc1cccc(C(=O)N2CCC3(CC2)CC(CC(=O)N2CCCC2)CCO3)c1. The van der Waals surface area contributed by atoms with Gasteiger partial charge in [-0.1, -0.05) is 6.07 Å². The fraction of sp³-hybridized carbons (Fsp3) is 0.609. The molecule has 3 fully saturated rings. The number of hydrogen-bond donors (Lipinski definition) is 0. The van der Waals surface area contributed by atoms with Crippen LogP contribution in [0.3, 0.4) is 0 Å². The minimum atomic E-state index is -0.195. The Balaban J connectivity index is 1.33. The zero-order valence-corrected chi connectivity index (χ0v) is 16.9. The van der Waals surface area contributed by atoms with Gasteiger partial charge in [0.15, 0.2) is 0 Å². The van der Waals surface area contributed by atoms with Crippen LogP contribution in [0.1, 0.15) is 60.9 Å². The number of nitrogens with zero attached hydrogens (tertiary/aromatic N) is 3. The summed E-state index contributed by atoms with van der Waals surface area (Å²) >= 11 is 0. The van der Waals surface area contributed by atoms with Gasteiger partial charge in [-0.05, 0) is 62.6 Å². The molecule has 1 spiro atoms. The molecule has 3 heterocycles. The minimum absolute atomic E-state index is 0.0199. The topological polar surface area (TPSA) is 73.6 Å². The van der Waals surface area contributed by atoms with Gasteiger partial charge in [-0.2, -0.15) is 5.26 Å². The predicted molar refractivity (Wildman–Crippen MR) is 108 cm³/mol. The van der Waals surface area contributed by atoms with Gasteiger partial charge >= 0.3 is 0 Å². The molecule has 154 valence electrons. The van der Waals surface area contributed by atoms with Gasteiger partial charge in [-0.15, -0.1) is 0 Å². The zero-order chi connectivity index (χ0) is 20.3. The second-order valence-electron chi connectivity index (χ2n) is 8.67. The van der Waals surface area contributed by atoms with Crippen LogP contribution in [0, 0.1) is 17.2 Å². The molecule has 3 aliphatic heterocycles. The lowest BCUT2D eigenvalue weighted by Gasteiger charge is -2.46. The molecule has 3 saturated heterocycles. The van der Waals surface area contributed by atoms with Gasteiger partial charge in [-0.3, -0.25) is 9.59 Å². The van der Waals surface area contributed by atoms with E-state index in [-0.39, 0.29) is 11.5 Å². The van der Waals surface area contributed by atoms with E-state index in [0.717, 1.165) is 51.6 Å². The molecule has 6 nitrogen and oxygen atoms in total. The number of piperidine rings is 1. The molecular formula is C23H29N3O3. The summed E-state index contributed by atoms with van der Waals surface area (Å²) in [7, 11) is 0. The van der Waals surface area contributed by atoms with Crippen molar-refractivity contribution in [2.24, 2.45) is 5.92 Å². The lowest BCUT2D eigenvalue weighted by atomic mass is 9.78. The van der Waals surface area contributed by atoms with Gasteiger partial charge in [0.25, 0.3) is 5.91 Å². The highest BCUT2D eigenvalue weighted by Gasteiger charge is 2.42. The second kappa shape index (κ2) is 8.54. The monoisotopic (exact) mass is 395 g/mol. The van der Waals surface area contributed by atoms with Crippen molar-refractivity contribution in [2.75, 3.05) is 32.8 Å².